The molecule has 1 amide bonds. The number of carbonyl (C=O) groups is 1. The summed E-state index contributed by atoms with van der Waals surface area (Å²) in [6.07, 6.45) is 5.16. The number of carbonyl (C=O) groups excluding carboxylic acids is 1. The van der Waals surface area contributed by atoms with E-state index in [-0.39, 0.29) is 5.91 Å². The molecule has 31 heavy (non-hydrogen) atoms. The summed E-state index contributed by atoms with van der Waals surface area (Å²) >= 11 is 8.20. The van der Waals surface area contributed by atoms with Crippen LogP contribution in [0.1, 0.15) is 16.8 Å². The molecule has 3 heterocycles. The van der Waals surface area contributed by atoms with Crippen LogP contribution in [-0.2, 0) is 11.3 Å². The summed E-state index contributed by atoms with van der Waals surface area (Å²) in [5, 5.41) is 8.03. The molecular weight excluding hydrogens is 434 g/mol. The second-order valence-corrected chi connectivity index (χ2v) is 8.49. The van der Waals surface area contributed by atoms with Gasteiger partial charge in [-0.2, -0.15) is 5.10 Å². The van der Waals surface area contributed by atoms with E-state index in [9.17, 15) is 4.79 Å². The Morgan fingerprint density at radius 1 is 1.29 bits per heavy atom. The topological polar surface area (TPSA) is 63.5 Å². The Balaban J connectivity index is 1.40. The molecule has 7 nitrogen and oxygen atoms in total. The van der Waals surface area contributed by atoms with Crippen LogP contribution in [-0.4, -0.2) is 58.9 Å². The summed E-state index contributed by atoms with van der Waals surface area (Å²) < 4.78 is 7.02. The van der Waals surface area contributed by atoms with E-state index < -0.39 is 0 Å². The smallest absolute Gasteiger partial charge is 0.246 e. The maximum atomic E-state index is 12.7. The van der Waals surface area contributed by atoms with Gasteiger partial charge in [0.25, 0.3) is 0 Å². The summed E-state index contributed by atoms with van der Waals surface area (Å²) in [6.45, 7) is 5.33. The van der Waals surface area contributed by atoms with E-state index in [1.165, 1.54) is 0 Å². The number of piperazine rings is 1. The summed E-state index contributed by atoms with van der Waals surface area (Å²) in [7, 11) is 1.64. The Labute approximate surface area is 190 Å². The fourth-order valence-corrected chi connectivity index (χ4v) is 4.55. The van der Waals surface area contributed by atoms with E-state index in [1.807, 2.05) is 41.5 Å². The molecule has 9 heteroatoms. The van der Waals surface area contributed by atoms with Crippen LogP contribution < -0.4 is 9.64 Å². The third-order valence-corrected chi connectivity index (χ3v) is 6.48. The number of hydrogen-bond donors (Lipinski definition) is 0. The van der Waals surface area contributed by atoms with Crippen molar-refractivity contribution in [2.75, 3.05) is 38.2 Å². The minimum Gasteiger partial charge on any atom is -0.497 e. The number of halogens is 1. The lowest BCUT2D eigenvalue weighted by Gasteiger charge is -2.34. The fourth-order valence-electron chi connectivity index (χ4n) is 3.56. The lowest BCUT2D eigenvalue weighted by molar-refractivity contribution is -0.126. The molecule has 1 aliphatic heterocycles. The Hall–Kier alpha value is -2.84. The number of aromatic nitrogens is 3. The predicted octanol–water partition coefficient (Wildman–Crippen LogP) is 3.72. The van der Waals surface area contributed by atoms with Gasteiger partial charge in [0.1, 0.15) is 10.9 Å². The summed E-state index contributed by atoms with van der Waals surface area (Å²) in [5.41, 5.74) is 2.58. The van der Waals surface area contributed by atoms with E-state index in [2.05, 4.69) is 15.0 Å². The van der Waals surface area contributed by atoms with Gasteiger partial charge < -0.3 is 14.5 Å². The number of amides is 1. The van der Waals surface area contributed by atoms with Crippen molar-refractivity contribution in [3.05, 3.63) is 63.9 Å². The molecule has 2 aromatic heterocycles. The van der Waals surface area contributed by atoms with Gasteiger partial charge in [-0.3, -0.25) is 4.79 Å². The molecule has 1 fully saturated rings. The van der Waals surface area contributed by atoms with Crippen LogP contribution in [0.2, 0.25) is 5.15 Å². The molecule has 0 aliphatic carbocycles. The van der Waals surface area contributed by atoms with Gasteiger partial charge in [0, 0.05) is 49.4 Å². The van der Waals surface area contributed by atoms with Crippen molar-refractivity contribution in [2.45, 2.75) is 13.5 Å². The lowest BCUT2D eigenvalue weighted by Crippen LogP contribution is -2.48. The van der Waals surface area contributed by atoms with Gasteiger partial charge in [0.2, 0.25) is 5.91 Å². The van der Waals surface area contributed by atoms with Crippen molar-refractivity contribution in [1.29, 1.82) is 0 Å². The van der Waals surface area contributed by atoms with Crippen LogP contribution in [0.4, 0.5) is 5.13 Å². The Morgan fingerprint density at radius 2 is 2.10 bits per heavy atom. The normalized spacial score (nSPS) is 14.4. The van der Waals surface area contributed by atoms with Crippen LogP contribution in [0.5, 0.6) is 5.75 Å². The Morgan fingerprint density at radius 3 is 2.81 bits per heavy atom. The molecule has 0 radical (unpaired) electrons. The molecule has 4 rings (SSSR count). The molecular formula is C22H24ClN5O2S. The maximum absolute atomic E-state index is 12.7. The van der Waals surface area contributed by atoms with Crippen molar-refractivity contribution in [2.24, 2.45) is 0 Å². The number of methoxy groups -OCH3 is 1. The third-order valence-electron chi connectivity index (χ3n) is 5.25. The first-order valence-electron chi connectivity index (χ1n) is 10.0. The second kappa shape index (κ2) is 9.53. The van der Waals surface area contributed by atoms with Gasteiger partial charge in [-0.15, -0.1) is 11.3 Å². The minimum atomic E-state index is -0.0187. The molecule has 0 saturated carbocycles. The van der Waals surface area contributed by atoms with Crippen LogP contribution >= 0.6 is 22.9 Å². The molecule has 1 aliphatic rings. The highest BCUT2D eigenvalue weighted by atomic mass is 35.5. The molecule has 0 unspecified atom stereocenters. The molecule has 0 atom stereocenters. The molecule has 0 spiro atoms. The number of hydrogen-bond acceptors (Lipinski definition) is 6. The van der Waals surface area contributed by atoms with Gasteiger partial charge in [-0.1, -0.05) is 23.7 Å². The first-order chi connectivity index (χ1) is 15.0. The monoisotopic (exact) mass is 457 g/mol. The zero-order valence-corrected chi connectivity index (χ0v) is 19.1. The first kappa shape index (κ1) is 21.4. The number of benzene rings is 1. The molecule has 162 valence electrons. The quantitative estimate of drug-likeness (QED) is 0.528. The van der Waals surface area contributed by atoms with Crippen LogP contribution in [0, 0.1) is 6.92 Å². The van der Waals surface area contributed by atoms with Crippen molar-refractivity contribution < 1.29 is 9.53 Å². The van der Waals surface area contributed by atoms with Gasteiger partial charge in [0.05, 0.1) is 19.3 Å². The van der Waals surface area contributed by atoms with Crippen LogP contribution in [0.25, 0.3) is 6.08 Å². The van der Waals surface area contributed by atoms with E-state index in [4.69, 9.17) is 16.3 Å². The van der Waals surface area contributed by atoms with Gasteiger partial charge in [-0.05, 0) is 30.7 Å². The number of anilines is 1. The number of aryl methyl sites for hydroxylation is 1. The van der Waals surface area contributed by atoms with Crippen molar-refractivity contribution in [1.82, 2.24) is 19.7 Å². The van der Waals surface area contributed by atoms with Crippen molar-refractivity contribution in [3.8, 4) is 5.75 Å². The molecule has 1 aromatic carbocycles. The van der Waals surface area contributed by atoms with E-state index in [0.717, 1.165) is 40.8 Å². The van der Waals surface area contributed by atoms with Crippen molar-refractivity contribution in [3.63, 3.8) is 0 Å². The SMILES string of the molecule is COc1cccc(Cn2nc(C)c(/C=C/C(=O)N3CCN(c4nccs4)CC3)c2Cl)c1. The summed E-state index contributed by atoms with van der Waals surface area (Å²) in [6, 6.07) is 7.79. The predicted molar refractivity (Wildman–Crippen MR) is 124 cm³/mol. The molecule has 3 aromatic rings. The molecule has 1 saturated heterocycles. The highest BCUT2D eigenvalue weighted by Crippen LogP contribution is 2.24. The van der Waals surface area contributed by atoms with E-state index in [0.29, 0.717) is 24.8 Å². The highest BCUT2D eigenvalue weighted by Gasteiger charge is 2.21. The molecule has 0 bridgehead atoms. The largest absolute Gasteiger partial charge is 0.497 e. The number of thiazole rings is 1. The fraction of sp³-hybridized carbons (Fsp3) is 0.318. The average Bonchev–Trinajstić information content (AvgIpc) is 3.41. The average molecular weight is 458 g/mol. The minimum absolute atomic E-state index is 0.0187. The number of ether oxygens (including phenoxy) is 1. The standard InChI is InChI=1S/C22H24ClN5O2S/c1-16-19(21(23)28(25-16)15-17-4-3-5-18(14-17)30-2)6-7-20(29)26-9-11-27(12-10-26)22-24-8-13-31-22/h3-8,13-14H,9-12,15H2,1-2H3/b7-6+. The van der Waals surface area contributed by atoms with Gasteiger partial charge in [0.15, 0.2) is 5.13 Å². The second-order valence-electron chi connectivity index (χ2n) is 7.26. The third kappa shape index (κ3) is 4.91. The zero-order chi connectivity index (χ0) is 21.8. The Bertz CT molecular complexity index is 1070. The summed E-state index contributed by atoms with van der Waals surface area (Å²) in [4.78, 5) is 21.1. The lowest BCUT2D eigenvalue weighted by atomic mass is 10.2. The van der Waals surface area contributed by atoms with Gasteiger partial charge >= 0.3 is 0 Å². The van der Waals surface area contributed by atoms with E-state index in [1.54, 1.807) is 41.5 Å². The Kier molecular flexibility index (Phi) is 6.58. The number of nitrogens with zero attached hydrogens (tertiary/aromatic N) is 5. The summed E-state index contributed by atoms with van der Waals surface area (Å²) in [5.74, 6) is 0.771. The number of rotatable bonds is 6. The zero-order valence-electron chi connectivity index (χ0n) is 17.5. The first-order valence-corrected chi connectivity index (χ1v) is 11.3. The van der Waals surface area contributed by atoms with Crippen LogP contribution in [0.15, 0.2) is 41.9 Å². The van der Waals surface area contributed by atoms with E-state index >= 15 is 0 Å². The van der Waals surface area contributed by atoms with Crippen molar-refractivity contribution >= 4 is 40.1 Å². The molecule has 0 N–H and O–H groups in total. The van der Waals surface area contributed by atoms with Crippen LogP contribution in [0.3, 0.4) is 0 Å². The maximum Gasteiger partial charge on any atom is 0.246 e. The van der Waals surface area contributed by atoms with Gasteiger partial charge in [-0.25, -0.2) is 9.67 Å². The highest BCUT2D eigenvalue weighted by molar-refractivity contribution is 7.13.